The van der Waals surface area contributed by atoms with Crippen LogP contribution in [0.2, 0.25) is 0 Å². The van der Waals surface area contributed by atoms with Gasteiger partial charge in [0, 0.05) is 11.9 Å². The fourth-order valence-corrected chi connectivity index (χ4v) is 2.44. The first-order valence-electron chi connectivity index (χ1n) is 5.14. The van der Waals surface area contributed by atoms with Crippen LogP contribution in [0.15, 0.2) is 5.38 Å². The molecule has 2 heterocycles. The number of thiazole rings is 1. The molecule has 0 aromatic carbocycles. The number of aryl methyl sites for hydroxylation is 1. The number of carbonyl (C=O) groups is 2. The molecule has 1 N–H and O–H groups in total. The van der Waals surface area contributed by atoms with Crippen molar-refractivity contribution in [3.63, 3.8) is 0 Å². The highest BCUT2D eigenvalue weighted by molar-refractivity contribution is 7.13. The normalized spacial score (nSPS) is 20.6. The molecule has 1 fully saturated rings. The molecule has 5 nitrogen and oxygen atoms in total. The van der Waals surface area contributed by atoms with Crippen molar-refractivity contribution in [1.82, 2.24) is 9.88 Å². The van der Waals surface area contributed by atoms with Gasteiger partial charge in [-0.1, -0.05) is 0 Å². The summed E-state index contributed by atoms with van der Waals surface area (Å²) >= 11 is 1.44. The summed E-state index contributed by atoms with van der Waals surface area (Å²) in [5.41, 5.74) is 0.914. The Morgan fingerprint density at radius 1 is 1.62 bits per heavy atom. The molecule has 1 aliphatic heterocycles. The van der Waals surface area contributed by atoms with Crippen molar-refractivity contribution in [3.05, 3.63) is 11.1 Å². The molecule has 1 atom stereocenters. The minimum absolute atomic E-state index is 0.113. The highest BCUT2D eigenvalue weighted by atomic mass is 32.1. The molecule has 86 valence electrons. The van der Waals surface area contributed by atoms with Crippen molar-refractivity contribution in [2.75, 3.05) is 11.9 Å². The number of likely N-dealkylation sites (tertiary alicyclic amines) is 1. The summed E-state index contributed by atoms with van der Waals surface area (Å²) in [6, 6.07) is -0.446. The van der Waals surface area contributed by atoms with Crippen LogP contribution in [0.4, 0.5) is 5.13 Å². The van der Waals surface area contributed by atoms with Crippen molar-refractivity contribution < 1.29 is 9.59 Å². The number of hydrogen-bond donors (Lipinski definition) is 1. The van der Waals surface area contributed by atoms with Gasteiger partial charge in [0.2, 0.25) is 5.91 Å². The smallest absolute Gasteiger partial charge is 0.252 e. The molecule has 0 aliphatic carbocycles. The maximum absolute atomic E-state index is 11.8. The summed E-state index contributed by atoms with van der Waals surface area (Å²) < 4.78 is 0. The maximum atomic E-state index is 11.8. The first-order valence-corrected chi connectivity index (χ1v) is 6.02. The lowest BCUT2D eigenvalue weighted by atomic mass is 10.2. The summed E-state index contributed by atoms with van der Waals surface area (Å²) in [4.78, 5) is 28.7. The Balaban J connectivity index is 2.07. The summed E-state index contributed by atoms with van der Waals surface area (Å²) in [7, 11) is 0. The second kappa shape index (κ2) is 4.21. The lowest BCUT2D eigenvalue weighted by molar-refractivity contribution is -0.138. The van der Waals surface area contributed by atoms with E-state index < -0.39 is 6.04 Å². The van der Waals surface area contributed by atoms with E-state index in [1.807, 2.05) is 12.3 Å². The molecule has 2 amide bonds. The second-order valence-corrected chi connectivity index (χ2v) is 4.53. The Morgan fingerprint density at radius 3 is 2.88 bits per heavy atom. The monoisotopic (exact) mass is 239 g/mol. The zero-order valence-electron chi connectivity index (χ0n) is 9.19. The number of anilines is 1. The molecule has 0 spiro atoms. The predicted molar refractivity (Wildman–Crippen MR) is 61.3 cm³/mol. The quantitative estimate of drug-likeness (QED) is 0.800. The molecule has 6 heteroatoms. The average molecular weight is 239 g/mol. The van der Waals surface area contributed by atoms with E-state index in [2.05, 4.69) is 10.3 Å². The van der Waals surface area contributed by atoms with E-state index in [0.717, 1.165) is 5.69 Å². The van der Waals surface area contributed by atoms with E-state index in [-0.39, 0.29) is 18.2 Å². The largest absolute Gasteiger partial charge is 0.349 e. The second-order valence-electron chi connectivity index (χ2n) is 3.67. The van der Waals surface area contributed by atoms with Gasteiger partial charge in [-0.15, -0.1) is 11.3 Å². The minimum Gasteiger partial charge on any atom is -0.349 e. The number of aromatic nitrogens is 1. The van der Waals surface area contributed by atoms with Gasteiger partial charge >= 0.3 is 0 Å². The molecule has 0 bridgehead atoms. The Morgan fingerprint density at radius 2 is 2.38 bits per heavy atom. The molecule has 1 aromatic rings. The number of carbonyl (C=O) groups excluding carboxylic acids is 2. The van der Waals surface area contributed by atoms with E-state index in [1.54, 1.807) is 6.92 Å². The van der Waals surface area contributed by atoms with Gasteiger partial charge in [-0.05, 0) is 13.8 Å². The van der Waals surface area contributed by atoms with Crippen LogP contribution in [-0.2, 0) is 9.59 Å². The van der Waals surface area contributed by atoms with Gasteiger partial charge in [-0.2, -0.15) is 0 Å². The molecule has 1 aromatic heterocycles. The number of imide groups is 1. The highest BCUT2D eigenvalue weighted by Gasteiger charge is 2.37. The van der Waals surface area contributed by atoms with Crippen LogP contribution >= 0.6 is 11.3 Å². The summed E-state index contributed by atoms with van der Waals surface area (Å²) in [5, 5.41) is 5.60. The number of hydrogen-bond acceptors (Lipinski definition) is 5. The number of likely N-dealkylation sites (N-methyl/N-ethyl adjacent to an activating group) is 1. The van der Waals surface area contributed by atoms with Gasteiger partial charge in [0.1, 0.15) is 6.04 Å². The molecular formula is C10H13N3O2S. The number of nitrogens with zero attached hydrogens (tertiary/aromatic N) is 2. The van der Waals surface area contributed by atoms with Crippen LogP contribution in [0.5, 0.6) is 0 Å². The number of amides is 2. The van der Waals surface area contributed by atoms with Crippen LogP contribution in [-0.4, -0.2) is 34.3 Å². The summed E-state index contributed by atoms with van der Waals surface area (Å²) in [5.74, 6) is -0.265. The van der Waals surface area contributed by atoms with E-state index in [9.17, 15) is 9.59 Å². The lowest BCUT2D eigenvalue weighted by Gasteiger charge is -2.12. The lowest BCUT2D eigenvalue weighted by Crippen LogP contribution is -2.34. The first-order chi connectivity index (χ1) is 7.61. The molecule has 1 saturated heterocycles. The van der Waals surface area contributed by atoms with Crippen LogP contribution in [0.1, 0.15) is 19.0 Å². The molecule has 2 rings (SSSR count). The van der Waals surface area contributed by atoms with Gasteiger partial charge in [0.15, 0.2) is 5.13 Å². The van der Waals surface area contributed by atoms with Crippen molar-refractivity contribution in [2.45, 2.75) is 26.3 Å². The average Bonchev–Trinajstić information content (AvgIpc) is 2.74. The zero-order chi connectivity index (χ0) is 11.7. The van der Waals surface area contributed by atoms with Crippen molar-refractivity contribution in [3.8, 4) is 0 Å². The number of nitrogens with one attached hydrogen (secondary N) is 1. The topological polar surface area (TPSA) is 62.3 Å². The Hall–Kier alpha value is -1.43. The van der Waals surface area contributed by atoms with Gasteiger partial charge in [0.05, 0.1) is 12.1 Å². The zero-order valence-corrected chi connectivity index (χ0v) is 10.0. The third-order valence-corrected chi connectivity index (χ3v) is 3.37. The van der Waals surface area contributed by atoms with Gasteiger partial charge in [0.25, 0.3) is 5.91 Å². The molecule has 0 radical (unpaired) electrons. The Kier molecular flexibility index (Phi) is 2.91. The molecular weight excluding hydrogens is 226 g/mol. The van der Waals surface area contributed by atoms with Crippen molar-refractivity contribution >= 4 is 28.3 Å². The molecule has 1 aliphatic rings. The van der Waals surface area contributed by atoms with Gasteiger partial charge in [-0.25, -0.2) is 4.98 Å². The van der Waals surface area contributed by atoms with E-state index >= 15 is 0 Å². The molecule has 0 saturated carbocycles. The van der Waals surface area contributed by atoms with Crippen molar-refractivity contribution in [1.29, 1.82) is 0 Å². The van der Waals surface area contributed by atoms with E-state index in [0.29, 0.717) is 11.7 Å². The third kappa shape index (κ3) is 1.92. The third-order valence-electron chi connectivity index (χ3n) is 2.48. The fourth-order valence-electron chi connectivity index (χ4n) is 1.70. The highest BCUT2D eigenvalue weighted by Crippen LogP contribution is 2.20. The SMILES string of the molecule is CCN1C(=O)CC(Nc2nc(C)cs2)C1=O. The van der Waals surface area contributed by atoms with Crippen molar-refractivity contribution in [2.24, 2.45) is 0 Å². The van der Waals surface area contributed by atoms with Gasteiger partial charge < -0.3 is 5.32 Å². The minimum atomic E-state index is -0.446. The number of rotatable bonds is 3. The first kappa shape index (κ1) is 11.1. The van der Waals surface area contributed by atoms with Crippen LogP contribution in [0, 0.1) is 6.92 Å². The standard InChI is InChI=1S/C10H13N3O2S/c1-3-13-8(14)4-7(9(13)15)12-10-11-6(2)5-16-10/h5,7H,3-4H2,1-2H3,(H,11,12). The maximum Gasteiger partial charge on any atom is 0.252 e. The molecule has 1 unspecified atom stereocenters. The Bertz CT molecular complexity index is 429. The van der Waals surface area contributed by atoms with Crippen LogP contribution in [0.25, 0.3) is 0 Å². The molecule has 16 heavy (non-hydrogen) atoms. The predicted octanol–water partition coefficient (Wildman–Crippen LogP) is 1.01. The van der Waals surface area contributed by atoms with Crippen LogP contribution < -0.4 is 5.32 Å². The van der Waals surface area contributed by atoms with Crippen LogP contribution in [0.3, 0.4) is 0 Å². The van der Waals surface area contributed by atoms with E-state index in [1.165, 1.54) is 16.2 Å². The fraction of sp³-hybridized carbons (Fsp3) is 0.500. The Labute approximate surface area is 97.5 Å². The van der Waals surface area contributed by atoms with E-state index in [4.69, 9.17) is 0 Å². The summed E-state index contributed by atoms with van der Waals surface area (Å²) in [6.07, 6.45) is 0.227. The summed E-state index contributed by atoms with van der Waals surface area (Å²) in [6.45, 7) is 4.13. The van der Waals surface area contributed by atoms with Gasteiger partial charge in [-0.3, -0.25) is 14.5 Å².